The Morgan fingerprint density at radius 2 is 2.31 bits per heavy atom. The van der Waals surface area contributed by atoms with E-state index in [-0.39, 0.29) is 0 Å². The number of anilines is 2. The Hall–Kier alpha value is -1.39. The van der Waals surface area contributed by atoms with Gasteiger partial charge in [0.25, 0.3) is 0 Å². The Balaban J connectivity index is 2.74. The number of halogens is 1. The molecule has 0 amide bonds. The number of alkyl halides is 1. The zero-order valence-corrected chi connectivity index (χ0v) is 9.86. The molecule has 0 aromatic carbocycles. The molecule has 1 unspecified atom stereocenters. The van der Waals surface area contributed by atoms with Gasteiger partial charge in [-0.25, -0.2) is 9.37 Å². The Bertz CT molecular complexity index is 317. The van der Waals surface area contributed by atoms with Crippen molar-refractivity contribution in [2.45, 2.75) is 32.9 Å². The van der Waals surface area contributed by atoms with Crippen LogP contribution in [0.3, 0.4) is 0 Å². The molecule has 90 valence electrons. The van der Waals surface area contributed by atoms with Crippen molar-refractivity contribution in [1.29, 1.82) is 0 Å². The SMILES string of the molecule is CCCCN(CC(C)F)c1nccc(N)n1. The molecule has 1 heterocycles. The van der Waals surface area contributed by atoms with Crippen molar-refractivity contribution in [1.82, 2.24) is 9.97 Å². The summed E-state index contributed by atoms with van der Waals surface area (Å²) >= 11 is 0. The summed E-state index contributed by atoms with van der Waals surface area (Å²) in [5.41, 5.74) is 5.58. The lowest BCUT2D eigenvalue weighted by molar-refractivity contribution is 0.359. The summed E-state index contributed by atoms with van der Waals surface area (Å²) in [6.45, 7) is 4.69. The van der Waals surface area contributed by atoms with Gasteiger partial charge in [0.1, 0.15) is 12.0 Å². The maximum Gasteiger partial charge on any atom is 0.227 e. The normalized spacial score (nSPS) is 12.4. The van der Waals surface area contributed by atoms with Gasteiger partial charge in [0.2, 0.25) is 5.95 Å². The van der Waals surface area contributed by atoms with Gasteiger partial charge in [-0.2, -0.15) is 4.98 Å². The fourth-order valence-electron chi connectivity index (χ4n) is 1.44. The van der Waals surface area contributed by atoms with Crippen molar-refractivity contribution < 1.29 is 4.39 Å². The van der Waals surface area contributed by atoms with E-state index in [1.807, 2.05) is 4.90 Å². The van der Waals surface area contributed by atoms with Gasteiger partial charge >= 0.3 is 0 Å². The van der Waals surface area contributed by atoms with E-state index in [1.165, 1.54) is 6.92 Å². The quantitative estimate of drug-likeness (QED) is 0.806. The number of aromatic nitrogens is 2. The molecule has 1 atom stereocenters. The van der Waals surface area contributed by atoms with Crippen LogP contribution >= 0.6 is 0 Å². The van der Waals surface area contributed by atoms with Crippen molar-refractivity contribution in [3.63, 3.8) is 0 Å². The van der Waals surface area contributed by atoms with Crippen LogP contribution in [-0.4, -0.2) is 29.2 Å². The molecule has 4 nitrogen and oxygen atoms in total. The van der Waals surface area contributed by atoms with E-state index in [1.54, 1.807) is 12.3 Å². The van der Waals surface area contributed by atoms with Crippen LogP contribution in [0.15, 0.2) is 12.3 Å². The Morgan fingerprint density at radius 1 is 1.56 bits per heavy atom. The van der Waals surface area contributed by atoms with Crippen LogP contribution < -0.4 is 10.6 Å². The zero-order chi connectivity index (χ0) is 12.0. The van der Waals surface area contributed by atoms with Gasteiger partial charge in [-0.1, -0.05) is 13.3 Å². The molecule has 0 bridgehead atoms. The first kappa shape index (κ1) is 12.7. The van der Waals surface area contributed by atoms with Gasteiger partial charge < -0.3 is 10.6 Å². The van der Waals surface area contributed by atoms with E-state index < -0.39 is 6.17 Å². The largest absolute Gasteiger partial charge is 0.384 e. The third-order valence-electron chi connectivity index (χ3n) is 2.20. The molecule has 0 saturated heterocycles. The molecule has 2 N–H and O–H groups in total. The fourth-order valence-corrected chi connectivity index (χ4v) is 1.44. The number of hydrogen-bond donors (Lipinski definition) is 1. The Labute approximate surface area is 95.7 Å². The Morgan fingerprint density at radius 3 is 2.88 bits per heavy atom. The predicted molar refractivity (Wildman–Crippen MR) is 64.1 cm³/mol. The summed E-state index contributed by atoms with van der Waals surface area (Å²) in [5, 5.41) is 0. The summed E-state index contributed by atoms with van der Waals surface area (Å²) < 4.78 is 13.0. The number of nitrogens with zero attached hydrogens (tertiary/aromatic N) is 3. The number of unbranched alkanes of at least 4 members (excludes halogenated alkanes) is 1. The molecule has 0 spiro atoms. The van der Waals surface area contributed by atoms with Crippen LogP contribution in [0.25, 0.3) is 0 Å². The standard InChI is InChI=1S/C11H19FN4/c1-3-4-7-16(8-9(2)12)11-14-6-5-10(13)15-11/h5-6,9H,3-4,7-8H2,1-2H3,(H2,13,14,15). The molecule has 0 saturated carbocycles. The maximum atomic E-state index is 13.0. The minimum atomic E-state index is -0.901. The molecule has 0 fully saturated rings. The molecule has 1 aromatic rings. The summed E-state index contributed by atoms with van der Waals surface area (Å²) in [4.78, 5) is 10.1. The first-order chi connectivity index (χ1) is 7.63. The summed E-state index contributed by atoms with van der Waals surface area (Å²) in [6.07, 6.45) is 2.74. The van der Waals surface area contributed by atoms with Gasteiger partial charge in [0.15, 0.2) is 0 Å². The third kappa shape index (κ3) is 4.00. The number of nitrogen functional groups attached to an aromatic ring is 1. The summed E-state index contributed by atoms with van der Waals surface area (Å²) in [7, 11) is 0. The third-order valence-corrected chi connectivity index (χ3v) is 2.20. The predicted octanol–water partition coefficient (Wildman–Crippen LogP) is 2.02. The topological polar surface area (TPSA) is 55.0 Å². The smallest absolute Gasteiger partial charge is 0.227 e. The highest BCUT2D eigenvalue weighted by Crippen LogP contribution is 2.11. The van der Waals surface area contributed by atoms with Crippen molar-refractivity contribution in [3.8, 4) is 0 Å². The summed E-state index contributed by atoms with van der Waals surface area (Å²) in [6, 6.07) is 1.63. The number of nitrogens with two attached hydrogens (primary N) is 1. The van der Waals surface area contributed by atoms with Crippen LogP contribution in [0.5, 0.6) is 0 Å². The average molecular weight is 226 g/mol. The van der Waals surface area contributed by atoms with Crippen molar-refractivity contribution in [2.75, 3.05) is 23.7 Å². The first-order valence-corrected chi connectivity index (χ1v) is 5.61. The first-order valence-electron chi connectivity index (χ1n) is 5.61. The highest BCUT2D eigenvalue weighted by Gasteiger charge is 2.12. The monoisotopic (exact) mass is 226 g/mol. The fraction of sp³-hybridized carbons (Fsp3) is 0.636. The van der Waals surface area contributed by atoms with E-state index in [0.717, 1.165) is 19.4 Å². The van der Waals surface area contributed by atoms with E-state index in [0.29, 0.717) is 18.3 Å². The lowest BCUT2D eigenvalue weighted by atomic mass is 10.3. The highest BCUT2D eigenvalue weighted by molar-refractivity contribution is 5.37. The lowest BCUT2D eigenvalue weighted by Crippen LogP contribution is -2.31. The van der Waals surface area contributed by atoms with Gasteiger partial charge in [-0.05, 0) is 19.4 Å². The minimum Gasteiger partial charge on any atom is -0.384 e. The van der Waals surface area contributed by atoms with E-state index in [9.17, 15) is 4.39 Å². The van der Waals surface area contributed by atoms with Gasteiger partial charge in [0.05, 0.1) is 6.54 Å². The van der Waals surface area contributed by atoms with E-state index >= 15 is 0 Å². The summed E-state index contributed by atoms with van der Waals surface area (Å²) in [5.74, 6) is 0.927. The molecule has 0 radical (unpaired) electrons. The molecule has 0 aliphatic heterocycles. The van der Waals surface area contributed by atoms with Gasteiger partial charge in [-0.15, -0.1) is 0 Å². The van der Waals surface area contributed by atoms with Crippen LogP contribution in [0.2, 0.25) is 0 Å². The molecule has 0 aliphatic carbocycles. The van der Waals surface area contributed by atoms with Crippen LogP contribution in [-0.2, 0) is 0 Å². The molecular weight excluding hydrogens is 207 g/mol. The van der Waals surface area contributed by atoms with Crippen LogP contribution in [0.4, 0.5) is 16.2 Å². The second kappa shape index (κ2) is 6.25. The maximum absolute atomic E-state index is 13.0. The van der Waals surface area contributed by atoms with E-state index in [2.05, 4.69) is 16.9 Å². The van der Waals surface area contributed by atoms with Gasteiger partial charge in [-0.3, -0.25) is 0 Å². The lowest BCUT2D eigenvalue weighted by Gasteiger charge is -2.23. The van der Waals surface area contributed by atoms with E-state index in [4.69, 9.17) is 5.73 Å². The van der Waals surface area contributed by atoms with Crippen LogP contribution in [0, 0.1) is 0 Å². The Kier molecular flexibility index (Phi) is 4.95. The van der Waals surface area contributed by atoms with Crippen molar-refractivity contribution in [3.05, 3.63) is 12.3 Å². The number of hydrogen-bond acceptors (Lipinski definition) is 4. The molecule has 16 heavy (non-hydrogen) atoms. The van der Waals surface area contributed by atoms with Gasteiger partial charge in [0, 0.05) is 12.7 Å². The van der Waals surface area contributed by atoms with Crippen molar-refractivity contribution >= 4 is 11.8 Å². The average Bonchev–Trinajstić information content (AvgIpc) is 2.23. The minimum absolute atomic E-state index is 0.309. The molecule has 1 aromatic heterocycles. The molecule has 0 aliphatic rings. The van der Waals surface area contributed by atoms with Crippen molar-refractivity contribution in [2.24, 2.45) is 0 Å². The molecule has 5 heteroatoms. The second-order valence-corrected chi connectivity index (χ2v) is 3.86. The highest BCUT2D eigenvalue weighted by atomic mass is 19.1. The van der Waals surface area contributed by atoms with Crippen LogP contribution in [0.1, 0.15) is 26.7 Å². The molecular formula is C11H19FN4. The zero-order valence-electron chi connectivity index (χ0n) is 9.86. The second-order valence-electron chi connectivity index (χ2n) is 3.86. The number of rotatable bonds is 6. The molecule has 1 rings (SSSR count).